The third-order valence-electron chi connectivity index (χ3n) is 3.09. The van der Waals surface area contributed by atoms with Crippen LogP contribution in [0.5, 0.6) is 0 Å². The van der Waals surface area contributed by atoms with Gasteiger partial charge >= 0.3 is 12.7 Å². The molecule has 2 rings (SSSR count). The van der Waals surface area contributed by atoms with E-state index in [0.717, 1.165) is 6.08 Å². The molecule has 0 fully saturated rings. The van der Waals surface area contributed by atoms with Gasteiger partial charge in [-0.1, -0.05) is 18.2 Å². The van der Waals surface area contributed by atoms with Crippen LogP contribution in [0.2, 0.25) is 0 Å². The van der Waals surface area contributed by atoms with Crippen molar-refractivity contribution in [3.8, 4) is 0 Å². The number of rotatable bonds is 3. The maximum absolute atomic E-state index is 12.8. The highest BCUT2D eigenvalue weighted by molar-refractivity contribution is 5.75. The number of alkyl halides is 6. The Morgan fingerprint density at radius 2 is 1.33 bits per heavy atom. The van der Waals surface area contributed by atoms with Gasteiger partial charge in [-0.05, 0) is 23.8 Å². The van der Waals surface area contributed by atoms with Crippen LogP contribution in [0.4, 0.5) is 32.0 Å². The van der Waals surface area contributed by atoms with Crippen molar-refractivity contribution in [3.63, 3.8) is 0 Å². The van der Waals surface area contributed by atoms with Crippen molar-refractivity contribution in [3.05, 3.63) is 47.7 Å². The highest BCUT2D eigenvalue weighted by Crippen LogP contribution is 2.46. The molecule has 4 N–H and O–H groups in total. The highest BCUT2D eigenvalue weighted by Gasteiger charge is 2.54. The minimum Gasteiger partial charge on any atom is -0.402 e. The molecule has 0 aliphatic heterocycles. The maximum Gasteiger partial charge on any atom is 0.525 e. The molecule has 1 aliphatic carbocycles. The van der Waals surface area contributed by atoms with Crippen LogP contribution in [0.1, 0.15) is 12.0 Å². The van der Waals surface area contributed by atoms with Crippen molar-refractivity contribution in [1.82, 2.24) is 0 Å². The number of halogens is 6. The number of nitrogens with two attached hydrogens (primary N) is 2. The van der Waals surface area contributed by atoms with Gasteiger partial charge in [0.2, 0.25) is 5.79 Å². The third kappa shape index (κ3) is 4.42. The predicted octanol–water partition coefficient (Wildman–Crippen LogP) is 3.67. The Balaban J connectivity index is 2.57. The van der Waals surface area contributed by atoms with Crippen molar-refractivity contribution < 1.29 is 35.8 Å². The molecule has 0 saturated carbocycles. The maximum atomic E-state index is 12.8. The fourth-order valence-electron chi connectivity index (χ4n) is 2.30. The van der Waals surface area contributed by atoms with Crippen LogP contribution in [0, 0.1) is 0 Å². The molecule has 0 radical (unpaired) electrons. The lowest BCUT2D eigenvalue weighted by Crippen LogP contribution is -2.47. The van der Waals surface area contributed by atoms with Crippen LogP contribution in [-0.2, 0) is 9.47 Å². The first-order valence-electron chi connectivity index (χ1n) is 6.47. The van der Waals surface area contributed by atoms with Gasteiger partial charge in [-0.25, -0.2) is 0 Å². The molecule has 0 spiro atoms. The van der Waals surface area contributed by atoms with Crippen molar-refractivity contribution in [2.75, 3.05) is 5.73 Å². The van der Waals surface area contributed by atoms with E-state index in [-0.39, 0.29) is 16.9 Å². The zero-order valence-electron chi connectivity index (χ0n) is 11.9. The lowest BCUT2D eigenvalue weighted by Gasteiger charge is -2.38. The summed E-state index contributed by atoms with van der Waals surface area (Å²) in [6.45, 7) is 0. The molecule has 0 saturated heterocycles. The number of benzene rings is 1. The Labute approximate surface area is 132 Å². The van der Waals surface area contributed by atoms with Gasteiger partial charge in [0, 0.05) is 23.4 Å². The summed E-state index contributed by atoms with van der Waals surface area (Å²) in [4.78, 5) is 0. The van der Waals surface area contributed by atoms with E-state index in [4.69, 9.17) is 11.5 Å². The van der Waals surface area contributed by atoms with Crippen LogP contribution in [0.3, 0.4) is 0 Å². The molecule has 0 amide bonds. The lowest BCUT2D eigenvalue weighted by molar-refractivity contribution is -0.461. The van der Waals surface area contributed by atoms with Crippen LogP contribution in [0.25, 0.3) is 5.57 Å². The first kappa shape index (κ1) is 18.1. The molecular weight excluding hydrogens is 342 g/mol. The second-order valence-corrected chi connectivity index (χ2v) is 4.97. The first-order chi connectivity index (χ1) is 10.9. The summed E-state index contributed by atoms with van der Waals surface area (Å²) < 4.78 is 84.1. The number of allylic oxidation sites excluding steroid dienone is 2. The van der Waals surface area contributed by atoms with Gasteiger partial charge in [-0.2, -0.15) is 0 Å². The molecule has 24 heavy (non-hydrogen) atoms. The first-order valence-corrected chi connectivity index (χ1v) is 6.47. The number of hydrogen-bond donors (Lipinski definition) is 2. The largest absolute Gasteiger partial charge is 0.525 e. The molecule has 10 heteroatoms. The van der Waals surface area contributed by atoms with Gasteiger partial charge in [0.25, 0.3) is 0 Å². The molecule has 0 bridgehead atoms. The molecule has 0 aromatic heterocycles. The zero-order chi connectivity index (χ0) is 18.2. The Morgan fingerprint density at radius 1 is 0.833 bits per heavy atom. The van der Waals surface area contributed by atoms with Crippen molar-refractivity contribution in [2.45, 2.75) is 24.9 Å². The molecule has 1 aromatic carbocycles. The Morgan fingerprint density at radius 3 is 1.79 bits per heavy atom. The highest BCUT2D eigenvalue weighted by atomic mass is 19.4. The fourth-order valence-corrected chi connectivity index (χ4v) is 2.30. The quantitative estimate of drug-likeness (QED) is 0.494. The van der Waals surface area contributed by atoms with E-state index >= 15 is 0 Å². The Bertz CT molecular complexity index is 645. The monoisotopic (exact) mass is 354 g/mol. The van der Waals surface area contributed by atoms with Crippen molar-refractivity contribution in [1.29, 1.82) is 0 Å². The summed E-state index contributed by atoms with van der Waals surface area (Å²) in [7, 11) is 0. The summed E-state index contributed by atoms with van der Waals surface area (Å²) >= 11 is 0. The number of anilines is 1. The molecule has 0 unspecified atom stereocenters. The predicted molar refractivity (Wildman–Crippen MR) is 72.7 cm³/mol. The SMILES string of the molecule is NC1=CC=C(c2ccc(N)cc2)C(OC(F)(F)F)(OC(F)(F)F)C1. The molecule has 0 atom stereocenters. The van der Waals surface area contributed by atoms with E-state index in [1.807, 2.05) is 0 Å². The molecule has 132 valence electrons. The van der Waals surface area contributed by atoms with E-state index in [0.29, 0.717) is 0 Å². The average molecular weight is 354 g/mol. The summed E-state index contributed by atoms with van der Waals surface area (Å²) in [5.41, 5.74) is 10.4. The van der Waals surface area contributed by atoms with Gasteiger partial charge in [-0.15, -0.1) is 26.3 Å². The van der Waals surface area contributed by atoms with Gasteiger partial charge in [0.15, 0.2) is 0 Å². The van der Waals surface area contributed by atoms with E-state index in [2.05, 4.69) is 9.47 Å². The second kappa shape index (κ2) is 6.02. The average Bonchev–Trinajstić information content (AvgIpc) is 2.35. The van der Waals surface area contributed by atoms with E-state index in [1.54, 1.807) is 0 Å². The van der Waals surface area contributed by atoms with Crippen molar-refractivity contribution in [2.24, 2.45) is 5.73 Å². The summed E-state index contributed by atoms with van der Waals surface area (Å²) in [5, 5.41) is 0. The smallest absolute Gasteiger partial charge is 0.402 e. The minimum absolute atomic E-state index is 0.0152. The molecular formula is C14H12F6N2O2. The van der Waals surface area contributed by atoms with Crippen LogP contribution >= 0.6 is 0 Å². The normalized spacial score (nSPS) is 18.1. The number of hydrogen-bond acceptors (Lipinski definition) is 4. The van der Waals surface area contributed by atoms with Gasteiger partial charge in [0.05, 0.1) is 0 Å². The third-order valence-corrected chi connectivity index (χ3v) is 3.09. The molecule has 4 nitrogen and oxygen atoms in total. The fraction of sp³-hybridized carbons (Fsp3) is 0.286. The van der Waals surface area contributed by atoms with Gasteiger partial charge < -0.3 is 11.5 Å². The zero-order valence-corrected chi connectivity index (χ0v) is 11.9. The standard InChI is InChI=1S/C14H12F6N2O2/c15-13(16,17)23-12(24-14(18,19)20)7-10(22)5-6-11(12)8-1-3-9(21)4-2-8/h1-6H,7,21-22H2. The van der Waals surface area contributed by atoms with Crippen LogP contribution in [0.15, 0.2) is 42.1 Å². The Kier molecular flexibility index (Phi) is 4.55. The van der Waals surface area contributed by atoms with Gasteiger partial charge in [0.1, 0.15) is 0 Å². The number of ether oxygens (including phenoxy) is 2. The summed E-state index contributed by atoms with van der Waals surface area (Å²) in [5.74, 6) is -3.19. The minimum atomic E-state index is -5.39. The van der Waals surface area contributed by atoms with E-state index in [1.165, 1.54) is 30.3 Å². The summed E-state index contributed by atoms with van der Waals surface area (Å²) in [6, 6.07) is 5.16. The molecule has 1 aliphatic rings. The Hall–Kier alpha value is -2.20. The van der Waals surface area contributed by atoms with E-state index in [9.17, 15) is 26.3 Å². The van der Waals surface area contributed by atoms with Crippen LogP contribution < -0.4 is 11.5 Å². The van der Waals surface area contributed by atoms with Crippen LogP contribution in [-0.4, -0.2) is 18.5 Å². The van der Waals surface area contributed by atoms with E-state index < -0.39 is 30.5 Å². The molecule has 0 heterocycles. The number of nitrogen functional groups attached to an aromatic ring is 1. The van der Waals surface area contributed by atoms with Crippen molar-refractivity contribution >= 4 is 11.3 Å². The lowest BCUT2D eigenvalue weighted by atomic mass is 9.89. The summed E-state index contributed by atoms with van der Waals surface area (Å²) in [6.07, 6.45) is -9.57. The van der Waals surface area contributed by atoms with Gasteiger partial charge in [-0.3, -0.25) is 9.47 Å². The topological polar surface area (TPSA) is 70.5 Å². The second-order valence-electron chi connectivity index (χ2n) is 4.97. The molecule has 1 aromatic rings.